The van der Waals surface area contributed by atoms with Crippen molar-refractivity contribution in [3.8, 4) is 0 Å². The standard InChI is InChI=1S/C61H111NO9/c1-3-5-7-9-11-13-15-17-19-21-22-23-24-25-26-27-28-29-30-31-32-33-34-36-38-40-42-44-46-48-50-55(65)60(69)62-53(52-70-61-59(68)58(67)57(66)56(51-63)71-61)54(64)49-47-45-43-41-39-37-35-20-18-16-14-12-10-8-6-4-2/h18,20,22-23,25-26,39,41,47,49,53-59,61,63-68H,3-17,19,21,24,27-38,40,42-46,48,50-52H2,1-2H3,(H,62,69)/b20-18+,23-22-,26-25-,41-39+,49-47+. The molecular weight excluding hydrogens is 891 g/mol. The summed E-state index contributed by atoms with van der Waals surface area (Å²) >= 11 is 0. The van der Waals surface area contributed by atoms with Crippen LogP contribution in [0.2, 0.25) is 0 Å². The number of rotatable bonds is 50. The zero-order chi connectivity index (χ0) is 51.7. The summed E-state index contributed by atoms with van der Waals surface area (Å²) in [5, 5.41) is 65.0. The molecule has 0 radical (unpaired) electrons. The van der Waals surface area contributed by atoms with Gasteiger partial charge in [0.15, 0.2) is 6.29 Å². The lowest BCUT2D eigenvalue weighted by molar-refractivity contribution is -0.302. The maximum Gasteiger partial charge on any atom is 0.249 e. The molecule has 1 rings (SSSR count). The number of aliphatic hydroxyl groups is 6. The molecule has 0 saturated carbocycles. The van der Waals surface area contributed by atoms with Gasteiger partial charge in [0.05, 0.1) is 25.4 Å². The maximum atomic E-state index is 13.1. The second kappa shape index (κ2) is 50.0. The highest BCUT2D eigenvalue weighted by Gasteiger charge is 2.44. The molecule has 0 spiro atoms. The van der Waals surface area contributed by atoms with Gasteiger partial charge in [0.25, 0.3) is 0 Å². The van der Waals surface area contributed by atoms with Gasteiger partial charge in [0, 0.05) is 0 Å². The summed E-state index contributed by atoms with van der Waals surface area (Å²) in [5.41, 5.74) is 0. The summed E-state index contributed by atoms with van der Waals surface area (Å²) < 4.78 is 11.2. The van der Waals surface area contributed by atoms with Crippen LogP contribution in [0, 0.1) is 0 Å². The van der Waals surface area contributed by atoms with E-state index in [0.717, 1.165) is 51.4 Å². The van der Waals surface area contributed by atoms with E-state index in [1.165, 1.54) is 173 Å². The summed E-state index contributed by atoms with van der Waals surface area (Å²) in [5.74, 6) is -0.630. The average molecular weight is 1000 g/mol. The predicted octanol–water partition coefficient (Wildman–Crippen LogP) is 13.7. The number of amides is 1. The van der Waals surface area contributed by atoms with E-state index in [0.29, 0.717) is 19.3 Å². The highest BCUT2D eigenvalue weighted by atomic mass is 16.7. The molecule has 10 heteroatoms. The van der Waals surface area contributed by atoms with Gasteiger partial charge in [0.1, 0.15) is 30.5 Å². The number of carbonyl (C=O) groups excluding carboxylic acids is 1. The molecule has 0 bridgehead atoms. The Hall–Kier alpha value is -2.15. The van der Waals surface area contributed by atoms with Gasteiger partial charge in [-0.15, -0.1) is 0 Å². The van der Waals surface area contributed by atoms with E-state index < -0.39 is 61.5 Å². The molecule has 1 heterocycles. The molecule has 0 aromatic rings. The van der Waals surface area contributed by atoms with Crippen LogP contribution in [0.3, 0.4) is 0 Å². The molecule has 7 N–H and O–H groups in total. The largest absolute Gasteiger partial charge is 0.394 e. The molecule has 1 fully saturated rings. The third-order valence-corrected chi connectivity index (χ3v) is 13.9. The van der Waals surface area contributed by atoms with Crippen molar-refractivity contribution in [2.75, 3.05) is 13.2 Å². The Morgan fingerprint density at radius 1 is 0.493 bits per heavy atom. The monoisotopic (exact) mass is 1000 g/mol. The van der Waals surface area contributed by atoms with Gasteiger partial charge in [-0.05, 0) is 77.0 Å². The lowest BCUT2D eigenvalue weighted by atomic mass is 9.99. The Bertz CT molecular complexity index is 1320. The minimum atomic E-state index is -1.62. The summed E-state index contributed by atoms with van der Waals surface area (Å²) in [6.45, 7) is 3.59. The van der Waals surface area contributed by atoms with E-state index in [9.17, 15) is 35.4 Å². The molecule has 1 amide bonds. The van der Waals surface area contributed by atoms with Crippen LogP contribution in [0.1, 0.15) is 258 Å². The van der Waals surface area contributed by atoms with Crippen LogP contribution >= 0.6 is 0 Å². The van der Waals surface area contributed by atoms with Gasteiger partial charge in [-0.1, -0.05) is 242 Å². The maximum absolute atomic E-state index is 13.1. The van der Waals surface area contributed by atoms with Gasteiger partial charge in [-0.2, -0.15) is 0 Å². The second-order valence-corrected chi connectivity index (χ2v) is 20.6. The number of aliphatic hydroxyl groups excluding tert-OH is 6. The molecule has 1 aliphatic heterocycles. The third kappa shape index (κ3) is 39.0. The molecule has 0 aromatic carbocycles. The fourth-order valence-corrected chi connectivity index (χ4v) is 9.11. The van der Waals surface area contributed by atoms with Gasteiger partial charge >= 0.3 is 0 Å². The SMILES string of the molecule is CCCCCCCC/C=C/CC/C=C/CC/C=C/C(O)C(COC1OC(CO)C(O)C(O)C1O)NC(=O)C(O)CCCCCCCCCCCCCCCC/C=C\C/C=C\CCCCCCCCCCC. The molecule has 0 aromatic heterocycles. The summed E-state index contributed by atoms with van der Waals surface area (Å²) in [4.78, 5) is 13.1. The molecule has 8 unspecified atom stereocenters. The number of ether oxygens (including phenoxy) is 2. The van der Waals surface area contributed by atoms with Gasteiger partial charge in [-0.25, -0.2) is 0 Å². The molecule has 0 aliphatic carbocycles. The fraction of sp³-hybridized carbons (Fsp3) is 0.820. The van der Waals surface area contributed by atoms with Crippen LogP contribution in [0.5, 0.6) is 0 Å². The fourth-order valence-electron chi connectivity index (χ4n) is 9.11. The first kappa shape index (κ1) is 66.9. The first-order valence-corrected chi connectivity index (χ1v) is 29.6. The topological polar surface area (TPSA) is 169 Å². The van der Waals surface area contributed by atoms with Crippen molar-refractivity contribution in [1.29, 1.82) is 0 Å². The first-order valence-electron chi connectivity index (χ1n) is 29.6. The van der Waals surface area contributed by atoms with Crippen molar-refractivity contribution in [2.45, 2.75) is 307 Å². The van der Waals surface area contributed by atoms with Gasteiger partial charge in [0.2, 0.25) is 5.91 Å². The summed E-state index contributed by atoms with van der Waals surface area (Å²) in [7, 11) is 0. The Morgan fingerprint density at radius 3 is 1.31 bits per heavy atom. The van der Waals surface area contributed by atoms with E-state index in [1.54, 1.807) is 6.08 Å². The number of hydrogen-bond donors (Lipinski definition) is 7. The van der Waals surface area contributed by atoms with Crippen molar-refractivity contribution < 1.29 is 44.9 Å². The van der Waals surface area contributed by atoms with E-state index in [2.05, 4.69) is 67.8 Å². The minimum Gasteiger partial charge on any atom is -0.394 e. The normalized spacial score (nSPS) is 20.1. The van der Waals surface area contributed by atoms with E-state index in [-0.39, 0.29) is 6.61 Å². The second-order valence-electron chi connectivity index (χ2n) is 20.6. The highest BCUT2D eigenvalue weighted by molar-refractivity contribution is 5.80. The lowest BCUT2D eigenvalue weighted by Crippen LogP contribution is -2.60. The zero-order valence-corrected chi connectivity index (χ0v) is 45.6. The number of hydrogen-bond acceptors (Lipinski definition) is 9. The molecular formula is C61H111NO9. The average Bonchev–Trinajstić information content (AvgIpc) is 3.37. The molecule has 1 saturated heterocycles. The van der Waals surface area contributed by atoms with Crippen LogP contribution in [0.15, 0.2) is 60.8 Å². The van der Waals surface area contributed by atoms with Gasteiger partial charge < -0.3 is 45.4 Å². The Labute approximate surface area is 435 Å². The summed E-state index contributed by atoms with van der Waals surface area (Å²) in [6, 6.07) is -1.01. The number of carbonyl (C=O) groups is 1. The van der Waals surface area contributed by atoms with Crippen LogP contribution in [-0.4, -0.2) is 98.7 Å². The van der Waals surface area contributed by atoms with E-state index >= 15 is 0 Å². The Kier molecular flexibility index (Phi) is 47.1. The zero-order valence-electron chi connectivity index (χ0n) is 45.6. The van der Waals surface area contributed by atoms with Crippen molar-refractivity contribution in [2.24, 2.45) is 0 Å². The molecule has 10 nitrogen and oxygen atoms in total. The first-order chi connectivity index (χ1) is 34.8. The number of allylic oxidation sites excluding steroid dienone is 9. The highest BCUT2D eigenvalue weighted by Crippen LogP contribution is 2.23. The predicted molar refractivity (Wildman–Crippen MR) is 296 cm³/mol. The van der Waals surface area contributed by atoms with Crippen LogP contribution in [0.25, 0.3) is 0 Å². The molecule has 71 heavy (non-hydrogen) atoms. The van der Waals surface area contributed by atoms with Gasteiger partial charge in [-0.3, -0.25) is 4.79 Å². The minimum absolute atomic E-state index is 0.299. The van der Waals surface area contributed by atoms with Crippen LogP contribution in [-0.2, 0) is 14.3 Å². The van der Waals surface area contributed by atoms with Crippen LogP contribution < -0.4 is 5.32 Å². The smallest absolute Gasteiger partial charge is 0.249 e. The molecule has 1 aliphatic rings. The van der Waals surface area contributed by atoms with Crippen LogP contribution in [0.4, 0.5) is 0 Å². The molecule has 8 atom stereocenters. The lowest BCUT2D eigenvalue weighted by Gasteiger charge is -2.40. The quantitative estimate of drug-likeness (QED) is 0.0232. The van der Waals surface area contributed by atoms with E-state index in [4.69, 9.17) is 9.47 Å². The van der Waals surface area contributed by atoms with Crippen molar-refractivity contribution >= 4 is 5.91 Å². The Morgan fingerprint density at radius 2 is 0.873 bits per heavy atom. The number of nitrogens with one attached hydrogen (secondary N) is 1. The summed E-state index contributed by atoms with van der Waals surface area (Å²) in [6.07, 6.45) is 57.6. The number of unbranched alkanes of at least 4 members (excludes halogenated alkanes) is 31. The third-order valence-electron chi connectivity index (χ3n) is 13.9. The van der Waals surface area contributed by atoms with E-state index in [1.807, 2.05) is 6.08 Å². The van der Waals surface area contributed by atoms with Crippen molar-refractivity contribution in [3.05, 3.63) is 60.8 Å². The van der Waals surface area contributed by atoms with Crippen molar-refractivity contribution in [1.82, 2.24) is 5.32 Å². The van der Waals surface area contributed by atoms with Crippen molar-refractivity contribution in [3.63, 3.8) is 0 Å². The molecule has 414 valence electrons. The Balaban J connectivity index is 2.23.